The molecule has 1 aliphatic heterocycles. The Hall–Kier alpha value is -5.59. The van der Waals surface area contributed by atoms with Crippen LogP contribution in [-0.4, -0.2) is 35.7 Å². The van der Waals surface area contributed by atoms with Gasteiger partial charge in [-0.25, -0.2) is 0 Å². The number of para-hydroxylation sites is 1. The number of carbonyl (C=O) groups excluding carboxylic acids is 1. The van der Waals surface area contributed by atoms with E-state index in [0.717, 1.165) is 10.8 Å². The van der Waals surface area contributed by atoms with Crippen molar-refractivity contribution >= 4 is 55.3 Å². The molecular formula is C32H24N6O5S. The van der Waals surface area contributed by atoms with Gasteiger partial charge in [0.15, 0.2) is 6.04 Å². The van der Waals surface area contributed by atoms with Crippen LogP contribution >= 0.6 is 0 Å². The summed E-state index contributed by atoms with van der Waals surface area (Å²) in [6.45, 7) is 1.66. The molecular weight excluding hydrogens is 580 g/mol. The SMILES string of the molecule is CC1=NN(c2ccccc2)C(=O)C1N=Nc1ccc(-c2ccc(N=Nc3c(O)ccc4ccccc34)cc2)c(S(=O)(=O)O)c1. The lowest BCUT2D eigenvalue weighted by Crippen LogP contribution is -2.29. The van der Waals surface area contributed by atoms with Crippen molar-refractivity contribution in [3.8, 4) is 16.9 Å². The van der Waals surface area contributed by atoms with Crippen LogP contribution in [0.1, 0.15) is 6.92 Å². The molecule has 0 saturated heterocycles. The quantitative estimate of drug-likeness (QED) is 0.143. The summed E-state index contributed by atoms with van der Waals surface area (Å²) in [5.41, 5.74) is 2.66. The monoisotopic (exact) mass is 604 g/mol. The molecule has 0 fully saturated rings. The minimum Gasteiger partial charge on any atom is -0.506 e. The van der Waals surface area contributed by atoms with Crippen molar-refractivity contribution < 1.29 is 22.9 Å². The molecule has 2 N–H and O–H groups in total. The van der Waals surface area contributed by atoms with Crippen LogP contribution in [0.25, 0.3) is 21.9 Å². The third kappa shape index (κ3) is 5.71. The Bertz CT molecular complexity index is 2100. The Morgan fingerprint density at radius 2 is 1.50 bits per heavy atom. The summed E-state index contributed by atoms with van der Waals surface area (Å²) in [6.07, 6.45) is 0. The molecule has 1 heterocycles. The van der Waals surface area contributed by atoms with Crippen molar-refractivity contribution in [1.29, 1.82) is 0 Å². The molecule has 5 aromatic rings. The third-order valence-corrected chi connectivity index (χ3v) is 7.85. The minimum atomic E-state index is -4.66. The number of rotatable bonds is 7. The largest absolute Gasteiger partial charge is 0.506 e. The van der Waals surface area contributed by atoms with Crippen LogP contribution in [0.4, 0.5) is 22.7 Å². The maximum atomic E-state index is 12.9. The predicted octanol–water partition coefficient (Wildman–Crippen LogP) is 7.75. The van der Waals surface area contributed by atoms with Gasteiger partial charge in [-0.1, -0.05) is 66.7 Å². The highest BCUT2D eigenvalue weighted by molar-refractivity contribution is 7.86. The molecule has 0 bridgehead atoms. The van der Waals surface area contributed by atoms with Gasteiger partial charge in [0.2, 0.25) is 0 Å². The minimum absolute atomic E-state index is 0.00707. The van der Waals surface area contributed by atoms with Crippen LogP contribution < -0.4 is 5.01 Å². The van der Waals surface area contributed by atoms with Crippen LogP contribution in [-0.2, 0) is 14.9 Å². The van der Waals surface area contributed by atoms with Crippen LogP contribution in [0.15, 0.2) is 140 Å². The van der Waals surface area contributed by atoms with Crippen molar-refractivity contribution in [2.24, 2.45) is 25.6 Å². The molecule has 0 aromatic heterocycles. The van der Waals surface area contributed by atoms with Crippen molar-refractivity contribution in [1.82, 2.24) is 0 Å². The van der Waals surface area contributed by atoms with E-state index < -0.39 is 22.1 Å². The van der Waals surface area contributed by atoms with E-state index in [1.807, 2.05) is 30.3 Å². The molecule has 44 heavy (non-hydrogen) atoms. The van der Waals surface area contributed by atoms with E-state index in [9.17, 15) is 22.9 Å². The van der Waals surface area contributed by atoms with E-state index in [4.69, 9.17) is 0 Å². The fraction of sp³-hybridized carbons (Fsp3) is 0.0625. The van der Waals surface area contributed by atoms with Gasteiger partial charge in [-0.3, -0.25) is 9.35 Å². The number of anilines is 1. The van der Waals surface area contributed by atoms with Gasteiger partial charge in [-0.15, -0.1) is 5.11 Å². The number of hydrazone groups is 1. The molecule has 218 valence electrons. The van der Waals surface area contributed by atoms with Crippen molar-refractivity contribution in [3.05, 3.63) is 109 Å². The number of aromatic hydroxyl groups is 1. The zero-order valence-electron chi connectivity index (χ0n) is 23.2. The molecule has 0 spiro atoms. The number of amides is 1. The summed E-state index contributed by atoms with van der Waals surface area (Å²) in [6, 6.07) is 29.5. The van der Waals surface area contributed by atoms with E-state index in [0.29, 0.717) is 28.3 Å². The summed E-state index contributed by atoms with van der Waals surface area (Å²) < 4.78 is 34.7. The van der Waals surface area contributed by atoms with Crippen LogP contribution in [0.3, 0.4) is 0 Å². The maximum Gasteiger partial charge on any atom is 0.295 e. The number of fused-ring (bicyclic) bond motifs is 1. The first-order chi connectivity index (χ1) is 21.2. The van der Waals surface area contributed by atoms with Gasteiger partial charge in [0, 0.05) is 10.9 Å². The van der Waals surface area contributed by atoms with Gasteiger partial charge in [0.05, 0.1) is 22.8 Å². The van der Waals surface area contributed by atoms with E-state index in [2.05, 4.69) is 25.6 Å². The summed E-state index contributed by atoms with van der Waals surface area (Å²) in [7, 11) is -4.66. The number of carbonyl (C=O) groups is 1. The lowest BCUT2D eigenvalue weighted by Gasteiger charge is -2.12. The van der Waals surface area contributed by atoms with Gasteiger partial charge in [-0.2, -0.15) is 33.9 Å². The fourth-order valence-corrected chi connectivity index (χ4v) is 5.49. The fourth-order valence-electron chi connectivity index (χ4n) is 4.76. The first kappa shape index (κ1) is 28.5. The first-order valence-corrected chi connectivity index (χ1v) is 14.8. The van der Waals surface area contributed by atoms with E-state index in [1.165, 1.54) is 23.2 Å². The smallest absolute Gasteiger partial charge is 0.295 e. The van der Waals surface area contributed by atoms with Crippen molar-refractivity contribution in [2.45, 2.75) is 17.9 Å². The molecule has 5 aromatic carbocycles. The highest BCUT2D eigenvalue weighted by atomic mass is 32.2. The second-order valence-corrected chi connectivity index (χ2v) is 11.3. The van der Waals surface area contributed by atoms with Gasteiger partial charge in [0.1, 0.15) is 16.3 Å². The van der Waals surface area contributed by atoms with E-state index >= 15 is 0 Å². The van der Waals surface area contributed by atoms with Gasteiger partial charge >= 0.3 is 0 Å². The van der Waals surface area contributed by atoms with Crippen molar-refractivity contribution in [2.75, 3.05) is 5.01 Å². The third-order valence-electron chi connectivity index (χ3n) is 6.95. The number of phenolic OH excluding ortho intramolecular Hbond substituents is 1. The van der Waals surface area contributed by atoms with Crippen LogP contribution in [0, 0.1) is 0 Å². The number of nitrogens with zero attached hydrogens (tertiary/aromatic N) is 6. The Balaban J connectivity index is 1.25. The molecule has 0 radical (unpaired) electrons. The molecule has 6 rings (SSSR count). The number of hydrogen-bond donors (Lipinski definition) is 2. The summed E-state index contributed by atoms with van der Waals surface area (Å²) in [5.74, 6) is -0.399. The zero-order valence-corrected chi connectivity index (χ0v) is 24.0. The average molecular weight is 605 g/mol. The van der Waals surface area contributed by atoms with Crippen LogP contribution in [0.5, 0.6) is 5.75 Å². The highest BCUT2D eigenvalue weighted by Crippen LogP contribution is 2.37. The topological polar surface area (TPSA) is 157 Å². The van der Waals surface area contributed by atoms with E-state index in [-0.39, 0.29) is 21.9 Å². The Morgan fingerprint density at radius 3 is 2.25 bits per heavy atom. The zero-order chi connectivity index (χ0) is 30.8. The van der Waals surface area contributed by atoms with E-state index in [1.54, 1.807) is 67.6 Å². The van der Waals surface area contributed by atoms with Crippen LogP contribution in [0.2, 0.25) is 0 Å². The first-order valence-electron chi connectivity index (χ1n) is 13.4. The standard InChI is InChI=1S/C32H24N6O5S/c1-20-30(32(40)38(37-20)25-8-3-2-4-9-25)35-34-24-16-17-26(29(19-24)44(41,42)43)22-11-14-23(15-12-22)33-36-31-27-10-6-5-7-21(27)13-18-28(31)39/h2-19,30,39H,1H3,(H,41,42,43). The number of azo groups is 2. The molecule has 0 saturated carbocycles. The Labute approximate surface area is 252 Å². The molecule has 12 heteroatoms. The number of benzene rings is 5. The number of phenols is 1. The Morgan fingerprint density at radius 1 is 0.795 bits per heavy atom. The molecule has 0 aliphatic carbocycles. The predicted molar refractivity (Wildman–Crippen MR) is 167 cm³/mol. The molecule has 1 unspecified atom stereocenters. The maximum absolute atomic E-state index is 12.9. The summed E-state index contributed by atoms with van der Waals surface area (Å²) >= 11 is 0. The average Bonchev–Trinajstić information content (AvgIpc) is 3.32. The van der Waals surface area contributed by atoms with Gasteiger partial charge < -0.3 is 5.11 Å². The lowest BCUT2D eigenvalue weighted by atomic mass is 10.0. The van der Waals surface area contributed by atoms with Gasteiger partial charge in [-0.05, 0) is 60.3 Å². The van der Waals surface area contributed by atoms with Crippen molar-refractivity contribution in [3.63, 3.8) is 0 Å². The second-order valence-electron chi connectivity index (χ2n) is 9.90. The second kappa shape index (κ2) is 11.6. The van der Waals surface area contributed by atoms with Gasteiger partial charge in [0.25, 0.3) is 16.0 Å². The highest BCUT2D eigenvalue weighted by Gasteiger charge is 2.34. The summed E-state index contributed by atoms with van der Waals surface area (Å²) in [4.78, 5) is 12.6. The number of hydrogen-bond acceptors (Lipinski definition) is 9. The lowest BCUT2D eigenvalue weighted by molar-refractivity contribution is -0.117. The molecule has 11 nitrogen and oxygen atoms in total. The molecule has 1 amide bonds. The summed E-state index contributed by atoms with van der Waals surface area (Å²) in [5, 5.41) is 34.2. The molecule has 1 atom stereocenters. The normalized spacial score (nSPS) is 15.5. The molecule has 1 aliphatic rings. The Kier molecular flexibility index (Phi) is 7.51.